The number of fused-ring (bicyclic) bond motifs is 3. The van der Waals surface area contributed by atoms with Gasteiger partial charge in [-0.15, -0.1) is 11.8 Å². The number of ketones is 1. The minimum atomic E-state index is -0.776. The van der Waals surface area contributed by atoms with Crippen molar-refractivity contribution < 1.29 is 19.2 Å². The summed E-state index contributed by atoms with van der Waals surface area (Å²) >= 11 is 1.16. The summed E-state index contributed by atoms with van der Waals surface area (Å²) < 4.78 is 6.83. The maximum Gasteiger partial charge on any atom is 0.341 e. The number of rotatable bonds is 4. The van der Waals surface area contributed by atoms with E-state index in [2.05, 4.69) is 0 Å². The SMILES string of the molecule is CCOC(=O)c1c2c(n3ccccc13)C(=O)C(c1ccccc1[N+](=O)[O-])S2. The summed E-state index contributed by atoms with van der Waals surface area (Å²) in [5.74, 6) is -0.771. The van der Waals surface area contributed by atoms with Crippen molar-refractivity contribution in [1.82, 2.24) is 4.40 Å². The molecule has 1 aliphatic rings. The largest absolute Gasteiger partial charge is 0.462 e. The first-order valence-corrected chi connectivity index (χ1v) is 9.17. The molecule has 0 amide bonds. The molecule has 0 bridgehead atoms. The van der Waals surface area contributed by atoms with Crippen LogP contribution in [0.4, 0.5) is 5.69 Å². The van der Waals surface area contributed by atoms with Crippen LogP contribution >= 0.6 is 11.8 Å². The van der Waals surface area contributed by atoms with E-state index in [9.17, 15) is 19.7 Å². The van der Waals surface area contributed by atoms with E-state index in [1.54, 1.807) is 53.9 Å². The molecule has 1 aromatic carbocycles. The summed E-state index contributed by atoms with van der Waals surface area (Å²) in [6.07, 6.45) is 1.71. The lowest BCUT2D eigenvalue weighted by atomic mass is 10.0. The molecule has 0 spiro atoms. The summed E-state index contributed by atoms with van der Waals surface area (Å²) in [6.45, 7) is 1.93. The Bertz CT molecular complexity index is 1100. The molecule has 1 aliphatic heterocycles. The van der Waals surface area contributed by atoms with Crippen molar-refractivity contribution in [3.63, 3.8) is 0 Å². The van der Waals surface area contributed by atoms with Gasteiger partial charge in [0.15, 0.2) is 5.78 Å². The maximum atomic E-state index is 13.2. The van der Waals surface area contributed by atoms with Crippen LogP contribution in [0.1, 0.15) is 38.6 Å². The number of thioether (sulfide) groups is 1. The Labute approximate surface area is 158 Å². The molecule has 7 nitrogen and oxygen atoms in total. The van der Waals surface area contributed by atoms with Crippen LogP contribution in [-0.4, -0.2) is 27.7 Å². The van der Waals surface area contributed by atoms with Crippen LogP contribution in [0, 0.1) is 10.1 Å². The van der Waals surface area contributed by atoms with Gasteiger partial charge >= 0.3 is 5.97 Å². The molecule has 2 aromatic heterocycles. The van der Waals surface area contributed by atoms with E-state index in [4.69, 9.17) is 4.74 Å². The molecular weight excluding hydrogens is 368 g/mol. The number of para-hydroxylation sites is 1. The fraction of sp³-hybridized carbons (Fsp3) is 0.158. The normalized spacial score (nSPS) is 15.7. The van der Waals surface area contributed by atoms with Gasteiger partial charge in [0.05, 0.1) is 33.1 Å². The van der Waals surface area contributed by atoms with Crippen molar-refractivity contribution in [2.45, 2.75) is 17.1 Å². The van der Waals surface area contributed by atoms with E-state index in [0.717, 1.165) is 11.8 Å². The van der Waals surface area contributed by atoms with Crippen LogP contribution in [0.15, 0.2) is 53.6 Å². The number of pyridine rings is 1. The number of ether oxygens (including phenoxy) is 1. The monoisotopic (exact) mass is 382 g/mol. The summed E-state index contributed by atoms with van der Waals surface area (Å²) in [5, 5.41) is 10.6. The standard InChI is InChI=1S/C19H14N2O5S/c1-2-26-19(23)14-13-9-5-6-10-20(13)15-16(22)17(27-18(14)15)11-7-3-4-8-12(11)21(24)25/h3-10,17H,2H2,1H3. The number of nitro groups is 1. The van der Waals surface area contributed by atoms with E-state index >= 15 is 0 Å². The first-order valence-electron chi connectivity index (χ1n) is 8.29. The Hall–Kier alpha value is -3.13. The molecule has 3 aromatic rings. The number of hydrogen-bond acceptors (Lipinski definition) is 6. The van der Waals surface area contributed by atoms with Gasteiger partial charge < -0.3 is 9.14 Å². The fourth-order valence-electron chi connectivity index (χ4n) is 3.31. The molecule has 0 fully saturated rings. The molecule has 0 aliphatic carbocycles. The third kappa shape index (κ3) is 2.60. The van der Waals surface area contributed by atoms with E-state index in [1.165, 1.54) is 6.07 Å². The Balaban J connectivity index is 1.90. The lowest BCUT2D eigenvalue weighted by Gasteiger charge is -2.10. The molecule has 136 valence electrons. The molecular formula is C19H14N2O5S. The average Bonchev–Trinajstić information content (AvgIpc) is 3.16. The lowest BCUT2D eigenvalue weighted by molar-refractivity contribution is -0.385. The maximum absolute atomic E-state index is 13.2. The topological polar surface area (TPSA) is 90.9 Å². The van der Waals surface area contributed by atoms with Crippen LogP contribution in [0.25, 0.3) is 5.52 Å². The highest BCUT2D eigenvalue weighted by atomic mass is 32.2. The number of carbonyl (C=O) groups is 2. The molecule has 0 radical (unpaired) electrons. The van der Waals surface area contributed by atoms with Crippen molar-refractivity contribution in [3.05, 3.63) is 75.6 Å². The Morgan fingerprint density at radius 1 is 1.26 bits per heavy atom. The first kappa shape index (κ1) is 17.3. The van der Waals surface area contributed by atoms with Crippen molar-refractivity contribution in [2.75, 3.05) is 6.61 Å². The minimum absolute atomic E-state index is 0.111. The van der Waals surface area contributed by atoms with Crippen LogP contribution in [0.5, 0.6) is 0 Å². The minimum Gasteiger partial charge on any atom is -0.462 e. The van der Waals surface area contributed by atoms with Gasteiger partial charge in [-0.25, -0.2) is 4.79 Å². The van der Waals surface area contributed by atoms with Gasteiger partial charge in [0, 0.05) is 12.3 Å². The number of benzene rings is 1. The van der Waals surface area contributed by atoms with E-state index < -0.39 is 16.1 Å². The zero-order chi connectivity index (χ0) is 19.1. The number of Topliss-reactive ketones (excluding diaryl/α,β-unsaturated/α-hetero) is 1. The number of hydrogen-bond donors (Lipinski definition) is 0. The smallest absolute Gasteiger partial charge is 0.341 e. The molecule has 8 heteroatoms. The van der Waals surface area contributed by atoms with Gasteiger partial charge in [-0.3, -0.25) is 14.9 Å². The molecule has 0 N–H and O–H groups in total. The van der Waals surface area contributed by atoms with Gasteiger partial charge in [-0.2, -0.15) is 0 Å². The highest BCUT2D eigenvalue weighted by molar-refractivity contribution is 8.01. The van der Waals surface area contributed by atoms with E-state index in [0.29, 0.717) is 27.2 Å². The predicted octanol–water partition coefficient (Wildman–Crippen LogP) is 4.05. The summed E-state index contributed by atoms with van der Waals surface area (Å²) in [6, 6.07) is 11.5. The third-order valence-corrected chi connectivity index (χ3v) is 5.74. The van der Waals surface area contributed by atoms with Crippen molar-refractivity contribution in [1.29, 1.82) is 0 Å². The number of aromatic nitrogens is 1. The van der Waals surface area contributed by atoms with Crippen molar-refractivity contribution >= 4 is 34.7 Å². The third-order valence-electron chi connectivity index (χ3n) is 4.40. The second-order valence-corrected chi connectivity index (χ2v) is 7.02. The Morgan fingerprint density at radius 3 is 2.74 bits per heavy atom. The second kappa shape index (κ2) is 6.55. The van der Waals surface area contributed by atoms with Gasteiger partial charge in [0.25, 0.3) is 5.69 Å². The van der Waals surface area contributed by atoms with Crippen LogP contribution < -0.4 is 0 Å². The zero-order valence-electron chi connectivity index (χ0n) is 14.2. The summed E-state index contributed by atoms with van der Waals surface area (Å²) in [4.78, 5) is 37.1. The molecule has 4 rings (SSSR count). The quantitative estimate of drug-likeness (QED) is 0.384. The summed E-state index contributed by atoms with van der Waals surface area (Å²) in [7, 11) is 0. The lowest BCUT2D eigenvalue weighted by Crippen LogP contribution is -2.09. The molecule has 0 saturated heterocycles. The van der Waals surface area contributed by atoms with E-state index in [-0.39, 0.29) is 18.1 Å². The van der Waals surface area contributed by atoms with Crippen molar-refractivity contribution in [2.24, 2.45) is 0 Å². The molecule has 27 heavy (non-hydrogen) atoms. The van der Waals surface area contributed by atoms with Gasteiger partial charge in [0.2, 0.25) is 0 Å². The molecule has 1 atom stereocenters. The van der Waals surface area contributed by atoms with Gasteiger partial charge in [0.1, 0.15) is 10.9 Å². The van der Waals surface area contributed by atoms with Gasteiger partial charge in [-0.1, -0.05) is 24.3 Å². The number of carbonyl (C=O) groups excluding carboxylic acids is 2. The van der Waals surface area contributed by atoms with Crippen LogP contribution in [-0.2, 0) is 4.74 Å². The van der Waals surface area contributed by atoms with Crippen LogP contribution in [0.3, 0.4) is 0 Å². The van der Waals surface area contributed by atoms with Crippen LogP contribution in [0.2, 0.25) is 0 Å². The molecule has 1 unspecified atom stereocenters. The van der Waals surface area contributed by atoms with Gasteiger partial charge in [-0.05, 0) is 19.1 Å². The Morgan fingerprint density at radius 2 is 2.00 bits per heavy atom. The Kier molecular flexibility index (Phi) is 4.19. The second-order valence-electron chi connectivity index (χ2n) is 5.91. The first-order chi connectivity index (χ1) is 13.0. The average molecular weight is 382 g/mol. The van der Waals surface area contributed by atoms with E-state index in [1.807, 2.05) is 0 Å². The van der Waals surface area contributed by atoms with Crippen molar-refractivity contribution in [3.8, 4) is 0 Å². The fourth-order valence-corrected chi connectivity index (χ4v) is 4.70. The number of esters is 1. The predicted molar refractivity (Wildman–Crippen MR) is 99.4 cm³/mol. The molecule has 0 saturated carbocycles. The number of nitrogens with zero attached hydrogens (tertiary/aromatic N) is 2. The zero-order valence-corrected chi connectivity index (χ0v) is 15.1. The number of nitro benzene ring substituents is 1. The summed E-state index contributed by atoms with van der Waals surface area (Å²) in [5.41, 5.74) is 1.49. The molecule has 3 heterocycles. The highest BCUT2D eigenvalue weighted by Gasteiger charge is 2.42. The highest BCUT2D eigenvalue weighted by Crippen LogP contribution is 2.51.